The van der Waals surface area contributed by atoms with Crippen molar-refractivity contribution < 1.29 is 0 Å². The fraction of sp³-hybridized carbons (Fsp3) is 0.857. The standard InChI is InChI=1S/C14H28N4/c1-4-5-6-7-8-9-18-12-16-14(17-18)11-15-10-13(2)3/h12-13,15H,4-11H2,1-3H3. The van der Waals surface area contributed by atoms with E-state index in [1.807, 2.05) is 11.0 Å². The molecule has 4 nitrogen and oxygen atoms in total. The van der Waals surface area contributed by atoms with E-state index in [9.17, 15) is 0 Å². The minimum absolute atomic E-state index is 0.672. The molecule has 1 rings (SSSR count). The summed E-state index contributed by atoms with van der Waals surface area (Å²) in [6, 6.07) is 0. The predicted octanol–water partition coefficient (Wildman–Crippen LogP) is 2.99. The summed E-state index contributed by atoms with van der Waals surface area (Å²) >= 11 is 0. The summed E-state index contributed by atoms with van der Waals surface area (Å²) in [6.45, 7) is 9.45. The second-order valence-electron chi connectivity index (χ2n) is 5.36. The van der Waals surface area contributed by atoms with Gasteiger partial charge >= 0.3 is 0 Å². The van der Waals surface area contributed by atoms with Crippen LogP contribution in [0.2, 0.25) is 0 Å². The van der Waals surface area contributed by atoms with Gasteiger partial charge in [-0.3, -0.25) is 4.68 Å². The molecule has 0 atom stereocenters. The molecular formula is C14H28N4. The van der Waals surface area contributed by atoms with Crippen LogP contribution in [0.1, 0.15) is 58.7 Å². The molecule has 0 aliphatic heterocycles. The lowest BCUT2D eigenvalue weighted by Gasteiger charge is -2.04. The van der Waals surface area contributed by atoms with Crippen molar-refractivity contribution in [3.8, 4) is 0 Å². The van der Waals surface area contributed by atoms with Gasteiger partial charge in [0, 0.05) is 6.54 Å². The Bertz CT molecular complexity index is 306. The Morgan fingerprint density at radius 1 is 1.22 bits per heavy atom. The van der Waals surface area contributed by atoms with Gasteiger partial charge in [-0.15, -0.1) is 0 Å². The van der Waals surface area contributed by atoms with Crippen molar-refractivity contribution in [3.63, 3.8) is 0 Å². The fourth-order valence-electron chi connectivity index (χ4n) is 1.87. The Morgan fingerprint density at radius 2 is 2.00 bits per heavy atom. The third kappa shape index (κ3) is 6.74. The number of rotatable bonds is 10. The van der Waals surface area contributed by atoms with Crippen molar-refractivity contribution in [3.05, 3.63) is 12.2 Å². The highest BCUT2D eigenvalue weighted by Crippen LogP contribution is 2.03. The average molecular weight is 252 g/mol. The Hall–Kier alpha value is -0.900. The molecule has 1 aromatic heterocycles. The number of aryl methyl sites for hydroxylation is 1. The van der Waals surface area contributed by atoms with E-state index < -0.39 is 0 Å². The maximum absolute atomic E-state index is 4.47. The SMILES string of the molecule is CCCCCCCn1cnc(CNCC(C)C)n1. The summed E-state index contributed by atoms with van der Waals surface area (Å²) < 4.78 is 1.97. The van der Waals surface area contributed by atoms with Crippen LogP contribution >= 0.6 is 0 Å². The summed E-state index contributed by atoms with van der Waals surface area (Å²) in [5.74, 6) is 1.58. The molecule has 4 heteroatoms. The van der Waals surface area contributed by atoms with E-state index in [0.29, 0.717) is 5.92 Å². The van der Waals surface area contributed by atoms with Crippen molar-refractivity contribution in [1.29, 1.82) is 0 Å². The Kier molecular flexibility index (Phi) is 7.65. The van der Waals surface area contributed by atoms with E-state index in [4.69, 9.17) is 0 Å². The highest BCUT2D eigenvalue weighted by molar-refractivity contribution is 4.80. The van der Waals surface area contributed by atoms with Gasteiger partial charge in [-0.25, -0.2) is 4.98 Å². The van der Waals surface area contributed by atoms with Gasteiger partial charge in [-0.2, -0.15) is 5.10 Å². The monoisotopic (exact) mass is 252 g/mol. The molecule has 0 aliphatic rings. The lowest BCUT2D eigenvalue weighted by atomic mass is 10.1. The molecule has 0 aliphatic carbocycles. The lowest BCUT2D eigenvalue weighted by molar-refractivity contribution is 0.517. The first-order chi connectivity index (χ1) is 8.72. The first-order valence-electron chi connectivity index (χ1n) is 7.31. The van der Waals surface area contributed by atoms with Crippen LogP contribution in [-0.4, -0.2) is 21.3 Å². The maximum Gasteiger partial charge on any atom is 0.164 e. The smallest absolute Gasteiger partial charge is 0.164 e. The van der Waals surface area contributed by atoms with Gasteiger partial charge in [-0.05, 0) is 18.9 Å². The van der Waals surface area contributed by atoms with Crippen molar-refractivity contribution in [2.24, 2.45) is 5.92 Å². The van der Waals surface area contributed by atoms with Crippen molar-refractivity contribution in [2.75, 3.05) is 6.54 Å². The molecule has 0 radical (unpaired) electrons. The van der Waals surface area contributed by atoms with E-state index in [2.05, 4.69) is 36.2 Å². The molecule has 0 aromatic carbocycles. The Labute approximate surface area is 111 Å². The van der Waals surface area contributed by atoms with Gasteiger partial charge in [-0.1, -0.05) is 46.5 Å². The molecule has 104 valence electrons. The van der Waals surface area contributed by atoms with Crippen LogP contribution in [0.15, 0.2) is 6.33 Å². The molecule has 0 spiro atoms. The largest absolute Gasteiger partial charge is 0.310 e. The number of hydrogen-bond donors (Lipinski definition) is 1. The molecule has 0 saturated carbocycles. The quantitative estimate of drug-likeness (QED) is 0.651. The van der Waals surface area contributed by atoms with Crippen LogP contribution in [0.4, 0.5) is 0 Å². The van der Waals surface area contributed by atoms with Gasteiger partial charge < -0.3 is 5.32 Å². The number of unbranched alkanes of at least 4 members (excludes halogenated alkanes) is 4. The van der Waals surface area contributed by atoms with E-state index in [-0.39, 0.29) is 0 Å². The lowest BCUT2D eigenvalue weighted by Crippen LogP contribution is -2.19. The highest BCUT2D eigenvalue weighted by Gasteiger charge is 2.01. The van der Waals surface area contributed by atoms with Gasteiger partial charge in [0.15, 0.2) is 5.82 Å². The summed E-state index contributed by atoms with van der Waals surface area (Å²) in [5.41, 5.74) is 0. The zero-order valence-corrected chi connectivity index (χ0v) is 12.2. The highest BCUT2D eigenvalue weighted by atomic mass is 15.3. The van der Waals surface area contributed by atoms with Gasteiger partial charge in [0.25, 0.3) is 0 Å². The van der Waals surface area contributed by atoms with E-state index >= 15 is 0 Å². The molecule has 1 N–H and O–H groups in total. The molecule has 1 aromatic rings. The third-order valence-corrected chi connectivity index (χ3v) is 2.91. The molecule has 0 fully saturated rings. The van der Waals surface area contributed by atoms with Crippen molar-refractivity contribution in [2.45, 2.75) is 66.0 Å². The molecule has 1 heterocycles. The number of aromatic nitrogens is 3. The van der Waals surface area contributed by atoms with E-state index in [0.717, 1.165) is 25.5 Å². The Morgan fingerprint density at radius 3 is 2.72 bits per heavy atom. The van der Waals surface area contributed by atoms with Crippen molar-refractivity contribution >= 4 is 0 Å². The summed E-state index contributed by atoms with van der Waals surface area (Å²) in [7, 11) is 0. The summed E-state index contributed by atoms with van der Waals surface area (Å²) in [4.78, 5) is 4.32. The fourth-order valence-corrected chi connectivity index (χ4v) is 1.87. The molecule has 0 amide bonds. The first kappa shape index (κ1) is 15.2. The number of nitrogens with zero attached hydrogens (tertiary/aromatic N) is 3. The van der Waals surface area contributed by atoms with Crippen molar-refractivity contribution in [1.82, 2.24) is 20.1 Å². The zero-order valence-electron chi connectivity index (χ0n) is 12.2. The van der Waals surface area contributed by atoms with Crippen LogP contribution < -0.4 is 5.32 Å². The van der Waals surface area contributed by atoms with Crippen LogP contribution in [0.3, 0.4) is 0 Å². The summed E-state index contributed by atoms with van der Waals surface area (Å²) in [6.07, 6.45) is 8.35. The number of nitrogens with one attached hydrogen (secondary N) is 1. The van der Waals surface area contributed by atoms with Crippen LogP contribution in [0.25, 0.3) is 0 Å². The molecule has 0 unspecified atom stereocenters. The third-order valence-electron chi connectivity index (χ3n) is 2.91. The minimum atomic E-state index is 0.672. The second kappa shape index (κ2) is 9.09. The summed E-state index contributed by atoms with van der Waals surface area (Å²) in [5, 5.41) is 7.83. The predicted molar refractivity (Wildman–Crippen MR) is 75.3 cm³/mol. The zero-order chi connectivity index (χ0) is 13.2. The van der Waals surface area contributed by atoms with Gasteiger partial charge in [0.2, 0.25) is 0 Å². The molecule has 0 bridgehead atoms. The number of hydrogen-bond acceptors (Lipinski definition) is 3. The topological polar surface area (TPSA) is 42.7 Å². The molecule has 0 saturated heterocycles. The molecule has 18 heavy (non-hydrogen) atoms. The molecular weight excluding hydrogens is 224 g/mol. The Balaban J connectivity index is 2.13. The second-order valence-corrected chi connectivity index (χ2v) is 5.36. The van der Waals surface area contributed by atoms with Crippen LogP contribution in [-0.2, 0) is 13.1 Å². The normalized spacial score (nSPS) is 11.3. The minimum Gasteiger partial charge on any atom is -0.310 e. The first-order valence-corrected chi connectivity index (χ1v) is 7.31. The van der Waals surface area contributed by atoms with Crippen LogP contribution in [0.5, 0.6) is 0 Å². The van der Waals surface area contributed by atoms with E-state index in [1.165, 1.54) is 32.1 Å². The van der Waals surface area contributed by atoms with Gasteiger partial charge in [0.1, 0.15) is 6.33 Å². The van der Waals surface area contributed by atoms with Gasteiger partial charge in [0.05, 0.1) is 6.54 Å². The van der Waals surface area contributed by atoms with Crippen LogP contribution in [0, 0.1) is 5.92 Å². The van der Waals surface area contributed by atoms with E-state index in [1.54, 1.807) is 0 Å². The average Bonchev–Trinajstić information content (AvgIpc) is 2.76. The maximum atomic E-state index is 4.47.